The van der Waals surface area contributed by atoms with Crippen molar-refractivity contribution in [3.8, 4) is 0 Å². The molecule has 4 nitrogen and oxygen atoms in total. The van der Waals surface area contributed by atoms with Crippen LogP contribution in [0.25, 0.3) is 0 Å². The molecule has 1 aromatic rings. The van der Waals surface area contributed by atoms with Crippen LogP contribution in [0.1, 0.15) is 0 Å². The molecule has 1 heterocycles. The molecular weight excluding hydrogens is 156 g/mol. The van der Waals surface area contributed by atoms with Crippen LogP contribution in [0.2, 0.25) is 0 Å². The number of hydrogen-bond acceptors (Lipinski definition) is 2. The maximum Gasteiger partial charge on any atom is 0.345 e. The van der Waals surface area contributed by atoms with Gasteiger partial charge in [0.2, 0.25) is 0 Å². The van der Waals surface area contributed by atoms with Crippen molar-refractivity contribution in [1.29, 1.82) is 0 Å². The van der Waals surface area contributed by atoms with Crippen LogP contribution in [0.3, 0.4) is 0 Å². The normalized spacial score (nSPS) is 10.9. The predicted octanol–water partition coefficient (Wildman–Crippen LogP) is -0.153. The molecule has 0 saturated heterocycles. The number of aromatic nitrogens is 3. The number of hydrogen-bond donors (Lipinski definition) is 0. The van der Waals surface area contributed by atoms with E-state index in [9.17, 15) is 13.6 Å². The topological polar surface area (TPSA) is 39.8 Å². The number of rotatable bonds is 2. The third-order valence-corrected chi connectivity index (χ3v) is 1.20. The van der Waals surface area contributed by atoms with Crippen LogP contribution in [0.15, 0.2) is 11.1 Å². The van der Waals surface area contributed by atoms with Crippen molar-refractivity contribution in [2.75, 3.05) is 0 Å². The smallest absolute Gasteiger partial charge is 0.285 e. The number of nitrogens with zero attached hydrogens (tertiary/aromatic N) is 3. The fourth-order valence-electron chi connectivity index (χ4n) is 0.677. The van der Waals surface area contributed by atoms with Crippen LogP contribution >= 0.6 is 0 Å². The number of alkyl halides is 2. The molecule has 11 heavy (non-hydrogen) atoms. The van der Waals surface area contributed by atoms with E-state index in [2.05, 4.69) is 5.10 Å². The average molecular weight is 163 g/mol. The zero-order valence-corrected chi connectivity index (χ0v) is 5.87. The quantitative estimate of drug-likeness (QED) is 0.608. The first-order valence-corrected chi connectivity index (χ1v) is 2.98. The van der Waals surface area contributed by atoms with Crippen molar-refractivity contribution in [3.05, 3.63) is 16.8 Å². The lowest BCUT2D eigenvalue weighted by Gasteiger charge is -1.95. The fraction of sp³-hybridized carbons (Fsp3) is 0.600. The summed E-state index contributed by atoms with van der Waals surface area (Å²) >= 11 is 0. The summed E-state index contributed by atoms with van der Waals surface area (Å²) < 4.78 is 25.3. The SMILES string of the molecule is Cn1cnn(CC(F)F)c1=O. The largest absolute Gasteiger partial charge is 0.345 e. The Labute approximate surface area is 61.1 Å². The van der Waals surface area contributed by atoms with Crippen LogP contribution < -0.4 is 5.69 Å². The second-order valence-electron chi connectivity index (χ2n) is 2.10. The maximum absolute atomic E-state index is 11.7. The minimum absolute atomic E-state index is 0.523. The molecule has 1 aromatic heterocycles. The fourth-order valence-corrected chi connectivity index (χ4v) is 0.677. The van der Waals surface area contributed by atoms with Crippen molar-refractivity contribution in [3.63, 3.8) is 0 Å². The molecule has 0 atom stereocenters. The summed E-state index contributed by atoms with van der Waals surface area (Å²) in [6.07, 6.45) is -1.34. The highest BCUT2D eigenvalue weighted by atomic mass is 19.3. The van der Waals surface area contributed by atoms with Gasteiger partial charge in [0.25, 0.3) is 6.43 Å². The molecule has 0 aliphatic heterocycles. The predicted molar refractivity (Wildman–Crippen MR) is 33.5 cm³/mol. The Bertz CT molecular complexity index is 290. The van der Waals surface area contributed by atoms with Gasteiger partial charge in [-0.3, -0.25) is 4.57 Å². The Morgan fingerprint density at radius 3 is 2.73 bits per heavy atom. The first kappa shape index (κ1) is 7.90. The summed E-state index contributed by atoms with van der Waals surface area (Å²) in [7, 11) is 1.46. The molecule has 6 heteroatoms. The van der Waals surface area contributed by atoms with Gasteiger partial charge in [0, 0.05) is 7.05 Å². The third-order valence-electron chi connectivity index (χ3n) is 1.20. The minimum atomic E-state index is -2.54. The summed E-state index contributed by atoms with van der Waals surface area (Å²) in [5.41, 5.74) is -0.523. The van der Waals surface area contributed by atoms with Crippen LogP contribution in [0, 0.1) is 0 Å². The summed E-state index contributed by atoms with van der Waals surface area (Å²) in [6, 6.07) is 0. The first-order chi connectivity index (χ1) is 5.11. The second kappa shape index (κ2) is 2.81. The van der Waals surface area contributed by atoms with Gasteiger partial charge < -0.3 is 0 Å². The van der Waals surface area contributed by atoms with E-state index >= 15 is 0 Å². The molecule has 0 aliphatic carbocycles. The molecule has 0 saturated carbocycles. The Morgan fingerprint density at radius 2 is 2.36 bits per heavy atom. The van der Waals surface area contributed by atoms with Crippen molar-refractivity contribution in [2.24, 2.45) is 7.05 Å². The molecule has 1 rings (SSSR count). The Kier molecular flexibility index (Phi) is 2.02. The lowest BCUT2D eigenvalue weighted by atomic mass is 10.7. The molecule has 0 aliphatic rings. The van der Waals surface area contributed by atoms with Crippen molar-refractivity contribution in [2.45, 2.75) is 13.0 Å². The standard InChI is InChI=1S/C5H7F2N3O/c1-9-3-8-10(5(9)11)2-4(6)7/h3-4H,2H2,1H3. The molecule has 0 spiro atoms. The van der Waals surface area contributed by atoms with Gasteiger partial charge in [-0.2, -0.15) is 5.10 Å². The van der Waals surface area contributed by atoms with E-state index in [-0.39, 0.29) is 0 Å². The molecule has 0 radical (unpaired) electrons. The zero-order valence-electron chi connectivity index (χ0n) is 5.87. The minimum Gasteiger partial charge on any atom is -0.285 e. The van der Waals surface area contributed by atoms with Gasteiger partial charge in [0.1, 0.15) is 12.9 Å². The lowest BCUT2D eigenvalue weighted by Crippen LogP contribution is -2.25. The molecule has 0 N–H and O–H groups in total. The molecular formula is C5H7F2N3O. The highest BCUT2D eigenvalue weighted by Gasteiger charge is 2.07. The second-order valence-corrected chi connectivity index (χ2v) is 2.10. The van der Waals surface area contributed by atoms with Gasteiger partial charge in [-0.15, -0.1) is 0 Å². The lowest BCUT2D eigenvalue weighted by molar-refractivity contribution is 0.120. The third kappa shape index (κ3) is 1.63. The summed E-state index contributed by atoms with van der Waals surface area (Å²) in [5, 5.41) is 3.44. The van der Waals surface area contributed by atoms with E-state index < -0.39 is 18.7 Å². The van der Waals surface area contributed by atoms with Gasteiger partial charge in [0.15, 0.2) is 0 Å². The van der Waals surface area contributed by atoms with Crippen LogP contribution in [0.5, 0.6) is 0 Å². The Balaban J connectivity index is 2.88. The summed E-state index contributed by atoms with van der Waals surface area (Å²) in [4.78, 5) is 10.8. The molecule has 0 bridgehead atoms. The average Bonchev–Trinajstić information content (AvgIpc) is 2.18. The van der Waals surface area contributed by atoms with Crippen molar-refractivity contribution in [1.82, 2.24) is 14.3 Å². The van der Waals surface area contributed by atoms with Gasteiger partial charge in [-0.25, -0.2) is 18.3 Å². The Morgan fingerprint density at radius 1 is 1.73 bits per heavy atom. The highest BCUT2D eigenvalue weighted by molar-refractivity contribution is 4.65. The number of halogens is 2. The van der Waals surface area contributed by atoms with E-state index in [1.54, 1.807) is 0 Å². The van der Waals surface area contributed by atoms with Crippen LogP contribution in [0.4, 0.5) is 8.78 Å². The van der Waals surface area contributed by atoms with Gasteiger partial charge in [-0.1, -0.05) is 0 Å². The maximum atomic E-state index is 11.7. The zero-order chi connectivity index (χ0) is 8.43. The molecule has 0 fully saturated rings. The molecule has 0 amide bonds. The van der Waals surface area contributed by atoms with Gasteiger partial charge >= 0.3 is 5.69 Å². The molecule has 62 valence electrons. The van der Waals surface area contributed by atoms with Crippen LogP contribution in [-0.2, 0) is 13.6 Å². The van der Waals surface area contributed by atoms with E-state index in [0.29, 0.717) is 0 Å². The Hall–Kier alpha value is -1.20. The molecule has 0 unspecified atom stereocenters. The van der Waals surface area contributed by atoms with E-state index in [1.807, 2.05) is 0 Å². The first-order valence-electron chi connectivity index (χ1n) is 2.98. The monoisotopic (exact) mass is 163 g/mol. The van der Waals surface area contributed by atoms with E-state index in [4.69, 9.17) is 0 Å². The van der Waals surface area contributed by atoms with Gasteiger partial charge in [0.05, 0.1) is 0 Å². The van der Waals surface area contributed by atoms with E-state index in [0.717, 1.165) is 9.25 Å². The van der Waals surface area contributed by atoms with Gasteiger partial charge in [-0.05, 0) is 0 Å². The molecule has 0 aromatic carbocycles. The van der Waals surface area contributed by atoms with Crippen molar-refractivity contribution < 1.29 is 8.78 Å². The summed E-state index contributed by atoms with van der Waals surface area (Å²) in [5.74, 6) is 0. The summed E-state index contributed by atoms with van der Waals surface area (Å²) in [6.45, 7) is -0.639. The number of aryl methyl sites for hydroxylation is 1. The van der Waals surface area contributed by atoms with Crippen molar-refractivity contribution >= 4 is 0 Å². The van der Waals surface area contributed by atoms with E-state index in [1.165, 1.54) is 13.4 Å². The van der Waals surface area contributed by atoms with Crippen LogP contribution in [-0.4, -0.2) is 20.8 Å². The highest BCUT2D eigenvalue weighted by Crippen LogP contribution is 1.92.